The van der Waals surface area contributed by atoms with Crippen LogP contribution in [0.25, 0.3) is 0 Å². The van der Waals surface area contributed by atoms with Crippen molar-refractivity contribution < 1.29 is 22.7 Å². The Kier molecular flexibility index (Phi) is 4.69. The molecule has 0 bridgehead atoms. The molecule has 8 heteroatoms. The van der Waals surface area contributed by atoms with Gasteiger partial charge >= 0.3 is 6.18 Å². The lowest BCUT2D eigenvalue weighted by atomic mass is 10.2. The molecular weight excluding hydrogens is 299 g/mol. The highest BCUT2D eigenvalue weighted by Gasteiger charge is 2.28. The third kappa shape index (κ3) is 4.80. The zero-order valence-corrected chi connectivity index (χ0v) is 11.7. The van der Waals surface area contributed by atoms with Crippen LogP contribution in [-0.2, 0) is 11.3 Å². The van der Waals surface area contributed by atoms with E-state index in [-0.39, 0.29) is 12.3 Å². The third-order valence-corrected chi connectivity index (χ3v) is 2.71. The first kappa shape index (κ1) is 15.9. The molecule has 0 aliphatic carbocycles. The van der Waals surface area contributed by atoms with Crippen LogP contribution in [0.1, 0.15) is 5.56 Å². The first-order valence-corrected chi connectivity index (χ1v) is 6.41. The average Bonchev–Trinajstić information content (AvgIpc) is 2.82. The number of nitrogens with one attached hydrogen (secondary N) is 1. The number of hydrogen-bond donors (Lipinski definition) is 1. The molecule has 0 aliphatic rings. The van der Waals surface area contributed by atoms with E-state index in [1.165, 1.54) is 0 Å². The Labute approximate surface area is 124 Å². The SMILES string of the molecule is Cc1ccccc1OCC(=O)Nc1cnn(CC(F)(F)F)c1. The number of halogens is 3. The van der Waals surface area contributed by atoms with Gasteiger partial charge in [0, 0.05) is 6.20 Å². The summed E-state index contributed by atoms with van der Waals surface area (Å²) >= 11 is 0. The van der Waals surface area contributed by atoms with E-state index in [9.17, 15) is 18.0 Å². The molecule has 0 aliphatic heterocycles. The minimum atomic E-state index is -4.36. The van der Waals surface area contributed by atoms with Crippen molar-refractivity contribution in [2.75, 3.05) is 11.9 Å². The molecule has 1 aromatic carbocycles. The van der Waals surface area contributed by atoms with Crippen LogP contribution in [0.4, 0.5) is 18.9 Å². The zero-order valence-electron chi connectivity index (χ0n) is 11.7. The number of aryl methyl sites for hydroxylation is 1. The van der Waals surface area contributed by atoms with E-state index >= 15 is 0 Å². The summed E-state index contributed by atoms with van der Waals surface area (Å²) in [7, 11) is 0. The Morgan fingerprint density at radius 2 is 2.09 bits per heavy atom. The molecule has 5 nitrogen and oxygen atoms in total. The summed E-state index contributed by atoms with van der Waals surface area (Å²) in [6.45, 7) is 0.395. The number of amides is 1. The van der Waals surface area contributed by atoms with Crippen LogP contribution < -0.4 is 10.1 Å². The molecule has 2 aromatic rings. The smallest absolute Gasteiger partial charge is 0.408 e. The molecule has 0 atom stereocenters. The number of anilines is 1. The lowest BCUT2D eigenvalue weighted by molar-refractivity contribution is -0.142. The molecule has 22 heavy (non-hydrogen) atoms. The lowest BCUT2D eigenvalue weighted by Gasteiger charge is -2.08. The fraction of sp³-hybridized carbons (Fsp3) is 0.286. The van der Waals surface area contributed by atoms with Crippen LogP contribution in [0.3, 0.4) is 0 Å². The van der Waals surface area contributed by atoms with Crippen molar-refractivity contribution >= 4 is 11.6 Å². The Morgan fingerprint density at radius 1 is 1.36 bits per heavy atom. The predicted molar refractivity (Wildman–Crippen MR) is 73.6 cm³/mol. The van der Waals surface area contributed by atoms with Crippen molar-refractivity contribution in [1.82, 2.24) is 9.78 Å². The van der Waals surface area contributed by atoms with Crippen LogP contribution in [0.2, 0.25) is 0 Å². The summed E-state index contributed by atoms with van der Waals surface area (Å²) in [5.74, 6) is 0.0974. The van der Waals surface area contributed by atoms with Gasteiger partial charge in [0.25, 0.3) is 5.91 Å². The van der Waals surface area contributed by atoms with Gasteiger partial charge in [0.1, 0.15) is 12.3 Å². The number of hydrogen-bond acceptors (Lipinski definition) is 3. The summed E-state index contributed by atoms with van der Waals surface area (Å²) in [6, 6.07) is 7.19. The zero-order chi connectivity index (χ0) is 16.2. The third-order valence-electron chi connectivity index (χ3n) is 2.71. The van der Waals surface area contributed by atoms with E-state index < -0.39 is 18.6 Å². The number of para-hydroxylation sites is 1. The van der Waals surface area contributed by atoms with Crippen molar-refractivity contribution in [2.24, 2.45) is 0 Å². The first-order valence-electron chi connectivity index (χ1n) is 6.41. The number of rotatable bonds is 5. The van der Waals surface area contributed by atoms with Crippen molar-refractivity contribution in [3.63, 3.8) is 0 Å². The summed E-state index contributed by atoms with van der Waals surface area (Å²) in [5.41, 5.74) is 1.07. The van der Waals surface area contributed by atoms with Gasteiger partial charge in [-0.3, -0.25) is 9.48 Å². The maximum absolute atomic E-state index is 12.2. The van der Waals surface area contributed by atoms with Gasteiger partial charge in [-0.25, -0.2) is 0 Å². The first-order chi connectivity index (χ1) is 10.3. The van der Waals surface area contributed by atoms with Crippen LogP contribution in [-0.4, -0.2) is 28.5 Å². The maximum atomic E-state index is 12.2. The molecule has 0 spiro atoms. The van der Waals surface area contributed by atoms with Gasteiger partial charge in [0.05, 0.1) is 11.9 Å². The highest BCUT2D eigenvalue weighted by molar-refractivity contribution is 5.91. The Balaban J connectivity index is 1.86. The number of carbonyl (C=O) groups is 1. The molecule has 1 amide bonds. The summed E-state index contributed by atoms with van der Waals surface area (Å²) in [4.78, 5) is 11.7. The molecule has 0 unspecified atom stereocenters. The van der Waals surface area contributed by atoms with Gasteiger partial charge in [0.2, 0.25) is 0 Å². The van der Waals surface area contributed by atoms with E-state index in [4.69, 9.17) is 4.74 Å². The number of benzene rings is 1. The monoisotopic (exact) mass is 313 g/mol. The molecule has 0 fully saturated rings. The van der Waals surface area contributed by atoms with E-state index in [2.05, 4.69) is 10.4 Å². The fourth-order valence-electron chi connectivity index (χ4n) is 1.76. The number of aromatic nitrogens is 2. The van der Waals surface area contributed by atoms with Crippen LogP contribution in [0, 0.1) is 6.92 Å². The van der Waals surface area contributed by atoms with E-state index in [0.717, 1.165) is 18.0 Å². The second kappa shape index (κ2) is 6.50. The van der Waals surface area contributed by atoms with E-state index in [0.29, 0.717) is 10.4 Å². The molecule has 0 saturated carbocycles. The van der Waals surface area contributed by atoms with E-state index in [1.54, 1.807) is 12.1 Å². The van der Waals surface area contributed by atoms with Gasteiger partial charge in [0.15, 0.2) is 6.61 Å². The topological polar surface area (TPSA) is 56.1 Å². The second-order valence-electron chi connectivity index (χ2n) is 4.64. The van der Waals surface area contributed by atoms with Gasteiger partial charge < -0.3 is 10.1 Å². The van der Waals surface area contributed by atoms with Gasteiger partial charge in [-0.05, 0) is 18.6 Å². The van der Waals surface area contributed by atoms with Crippen molar-refractivity contribution in [2.45, 2.75) is 19.6 Å². The Bertz CT molecular complexity index is 653. The lowest BCUT2D eigenvalue weighted by Crippen LogP contribution is -2.20. The van der Waals surface area contributed by atoms with Gasteiger partial charge in [-0.1, -0.05) is 18.2 Å². The van der Waals surface area contributed by atoms with Crippen molar-refractivity contribution in [3.8, 4) is 5.75 Å². The molecule has 118 valence electrons. The Morgan fingerprint density at radius 3 is 2.77 bits per heavy atom. The summed E-state index contributed by atoms with van der Waals surface area (Å²) in [5, 5.41) is 5.95. The highest BCUT2D eigenvalue weighted by atomic mass is 19.4. The molecule has 2 rings (SSSR count). The number of nitrogens with zero attached hydrogens (tertiary/aromatic N) is 2. The minimum absolute atomic E-state index is 0.183. The predicted octanol–water partition coefficient (Wildman–Crippen LogP) is 2.77. The van der Waals surface area contributed by atoms with Crippen LogP contribution in [0.5, 0.6) is 5.75 Å². The van der Waals surface area contributed by atoms with Crippen LogP contribution >= 0.6 is 0 Å². The number of ether oxygens (including phenoxy) is 1. The standard InChI is InChI=1S/C14H14F3N3O2/c1-10-4-2-3-5-12(10)22-8-13(21)19-11-6-18-20(7-11)9-14(15,16)17/h2-7H,8-9H2,1H3,(H,19,21). The Hall–Kier alpha value is -2.51. The average molecular weight is 313 g/mol. The second-order valence-corrected chi connectivity index (χ2v) is 4.64. The molecule has 1 heterocycles. The van der Waals surface area contributed by atoms with Crippen molar-refractivity contribution in [3.05, 3.63) is 42.2 Å². The molecule has 0 saturated heterocycles. The highest BCUT2D eigenvalue weighted by Crippen LogP contribution is 2.18. The largest absolute Gasteiger partial charge is 0.483 e. The normalized spacial score (nSPS) is 11.3. The fourth-order valence-corrected chi connectivity index (χ4v) is 1.76. The molecule has 0 radical (unpaired) electrons. The quantitative estimate of drug-likeness (QED) is 0.923. The molecule has 1 N–H and O–H groups in total. The van der Waals surface area contributed by atoms with Crippen molar-refractivity contribution in [1.29, 1.82) is 0 Å². The number of carbonyl (C=O) groups excluding carboxylic acids is 1. The number of alkyl halides is 3. The van der Waals surface area contributed by atoms with E-state index in [1.807, 2.05) is 19.1 Å². The minimum Gasteiger partial charge on any atom is -0.483 e. The summed E-state index contributed by atoms with van der Waals surface area (Å²) in [6.07, 6.45) is -2.10. The molecule has 1 aromatic heterocycles. The maximum Gasteiger partial charge on any atom is 0.408 e. The molecular formula is C14H14F3N3O2. The summed E-state index contributed by atoms with van der Waals surface area (Å²) < 4.78 is 42.6. The van der Waals surface area contributed by atoms with Crippen LogP contribution in [0.15, 0.2) is 36.7 Å². The van der Waals surface area contributed by atoms with Gasteiger partial charge in [-0.15, -0.1) is 0 Å². The van der Waals surface area contributed by atoms with Gasteiger partial charge in [-0.2, -0.15) is 18.3 Å².